The fourth-order valence-corrected chi connectivity index (χ4v) is 8.47. The number of fused-ring (bicyclic) bond motifs is 1. The van der Waals surface area contributed by atoms with Crippen LogP contribution in [0.15, 0.2) is 54.6 Å². The second-order valence-electron chi connectivity index (χ2n) is 14.0. The Kier molecular flexibility index (Phi) is 11.3. The number of carbonyl (C=O) groups excluding carboxylic acids is 2. The average molecular weight is 689 g/mol. The number of likely N-dealkylation sites (tertiary alicyclic amines) is 3. The molecule has 2 amide bonds. The standard InChI is InChI=1S/C39H47Cl2N5O2/c1-43(37(47)34-25-29(27-42)24-31-10-4-5-11-33(31)34)28-32(30-12-13-35(40)36(41)26-30)14-21-44-22-15-39(16-23-44,46-19-8-3-9-20-46)38(48)45-17-6-2-7-18-45/h4-5,10-13,24-26,32H,2-3,6-9,14-23,28H2,1H3. The summed E-state index contributed by atoms with van der Waals surface area (Å²) in [7, 11) is 1.83. The summed E-state index contributed by atoms with van der Waals surface area (Å²) in [6, 6.07) is 19.2. The third-order valence-electron chi connectivity index (χ3n) is 11.0. The predicted molar refractivity (Wildman–Crippen MR) is 194 cm³/mol. The van der Waals surface area contributed by atoms with Gasteiger partial charge in [-0.1, -0.05) is 60.0 Å². The van der Waals surface area contributed by atoms with Gasteiger partial charge in [0.2, 0.25) is 5.91 Å². The Bertz CT molecular complexity index is 1650. The number of amides is 2. The molecule has 0 aromatic heterocycles. The number of benzene rings is 3. The Morgan fingerprint density at radius 1 is 0.875 bits per heavy atom. The average Bonchev–Trinajstić information content (AvgIpc) is 3.14. The zero-order valence-electron chi connectivity index (χ0n) is 28.1. The van der Waals surface area contributed by atoms with Crippen LogP contribution in [-0.2, 0) is 4.79 Å². The van der Waals surface area contributed by atoms with Crippen molar-refractivity contribution in [2.24, 2.45) is 0 Å². The Labute approximate surface area is 295 Å². The molecule has 48 heavy (non-hydrogen) atoms. The third kappa shape index (κ3) is 7.53. The lowest BCUT2D eigenvalue weighted by molar-refractivity contribution is -0.150. The summed E-state index contributed by atoms with van der Waals surface area (Å²) in [6.45, 7) is 6.93. The molecule has 1 atom stereocenters. The lowest BCUT2D eigenvalue weighted by Crippen LogP contribution is -2.65. The number of nitriles is 1. The van der Waals surface area contributed by atoms with Crippen molar-refractivity contribution in [3.05, 3.63) is 81.3 Å². The molecular weight excluding hydrogens is 641 g/mol. The van der Waals surface area contributed by atoms with Crippen LogP contribution in [0.1, 0.15) is 85.2 Å². The molecule has 9 heteroatoms. The maximum atomic E-state index is 14.2. The summed E-state index contributed by atoms with van der Waals surface area (Å²) in [5.74, 6) is 0.266. The summed E-state index contributed by atoms with van der Waals surface area (Å²) in [6.07, 6.45) is 9.59. The van der Waals surface area contributed by atoms with Gasteiger partial charge in [0.1, 0.15) is 5.54 Å². The van der Waals surface area contributed by atoms with E-state index in [9.17, 15) is 14.9 Å². The smallest absolute Gasteiger partial charge is 0.254 e. The zero-order valence-corrected chi connectivity index (χ0v) is 29.6. The molecule has 0 saturated carbocycles. The molecule has 3 aromatic rings. The molecule has 1 unspecified atom stereocenters. The number of carbonyl (C=O) groups is 2. The van der Waals surface area contributed by atoms with Gasteiger partial charge in [0.05, 0.1) is 21.7 Å². The Morgan fingerprint density at radius 3 is 2.25 bits per heavy atom. The molecule has 3 aliphatic heterocycles. The molecule has 7 nitrogen and oxygen atoms in total. The van der Waals surface area contributed by atoms with E-state index >= 15 is 0 Å². The zero-order chi connectivity index (χ0) is 33.7. The van der Waals surface area contributed by atoms with E-state index in [1.807, 2.05) is 55.6 Å². The van der Waals surface area contributed by atoms with Crippen LogP contribution in [0.5, 0.6) is 0 Å². The minimum atomic E-state index is -0.384. The molecule has 3 aromatic carbocycles. The van der Waals surface area contributed by atoms with Crippen molar-refractivity contribution < 1.29 is 9.59 Å². The molecule has 0 spiro atoms. The molecule has 0 N–H and O–H groups in total. The first-order chi connectivity index (χ1) is 23.3. The topological polar surface area (TPSA) is 70.9 Å². The van der Waals surface area contributed by atoms with Crippen molar-refractivity contribution in [1.29, 1.82) is 5.26 Å². The van der Waals surface area contributed by atoms with E-state index in [0.29, 0.717) is 33.6 Å². The van der Waals surface area contributed by atoms with E-state index in [1.54, 1.807) is 11.0 Å². The maximum Gasteiger partial charge on any atom is 0.254 e. The molecule has 0 bridgehead atoms. The largest absolute Gasteiger partial charge is 0.341 e. The van der Waals surface area contributed by atoms with Crippen molar-refractivity contribution in [2.45, 2.75) is 69.2 Å². The van der Waals surface area contributed by atoms with E-state index in [1.165, 1.54) is 25.7 Å². The molecule has 3 fully saturated rings. The maximum absolute atomic E-state index is 14.2. The van der Waals surface area contributed by atoms with Gasteiger partial charge in [0, 0.05) is 51.3 Å². The Morgan fingerprint density at radius 2 is 1.56 bits per heavy atom. The molecule has 0 aliphatic carbocycles. The molecular formula is C39H47Cl2N5O2. The highest BCUT2D eigenvalue weighted by molar-refractivity contribution is 6.42. The van der Waals surface area contributed by atoms with Gasteiger partial charge in [-0.15, -0.1) is 0 Å². The van der Waals surface area contributed by atoms with Gasteiger partial charge in [-0.25, -0.2) is 0 Å². The predicted octanol–water partition coefficient (Wildman–Crippen LogP) is 7.60. The molecule has 254 valence electrons. The molecule has 6 rings (SSSR count). The number of piperidine rings is 3. The lowest BCUT2D eigenvalue weighted by atomic mass is 9.82. The Balaban J connectivity index is 1.18. The number of likely N-dealkylation sites (N-methyl/N-ethyl adjacent to an activating group) is 1. The number of hydrogen-bond acceptors (Lipinski definition) is 5. The van der Waals surface area contributed by atoms with Crippen molar-refractivity contribution in [3.8, 4) is 6.07 Å². The van der Waals surface area contributed by atoms with Crippen LogP contribution in [0.3, 0.4) is 0 Å². The van der Waals surface area contributed by atoms with Crippen molar-refractivity contribution in [2.75, 3.05) is 59.4 Å². The number of nitrogens with zero attached hydrogens (tertiary/aromatic N) is 5. The van der Waals surface area contributed by atoms with Gasteiger partial charge in [0.25, 0.3) is 5.91 Å². The molecule has 3 heterocycles. The van der Waals surface area contributed by atoms with E-state index in [0.717, 1.165) is 94.3 Å². The van der Waals surface area contributed by atoms with Gasteiger partial charge in [0.15, 0.2) is 0 Å². The highest BCUT2D eigenvalue weighted by Crippen LogP contribution is 2.36. The quantitative estimate of drug-likeness (QED) is 0.232. The van der Waals surface area contributed by atoms with Crippen molar-refractivity contribution in [1.82, 2.24) is 19.6 Å². The molecule has 3 aliphatic rings. The minimum absolute atomic E-state index is 0.0166. The van der Waals surface area contributed by atoms with E-state index in [-0.39, 0.29) is 17.4 Å². The highest BCUT2D eigenvalue weighted by Gasteiger charge is 2.48. The van der Waals surface area contributed by atoms with Gasteiger partial charge in [-0.05, 0) is 112 Å². The lowest BCUT2D eigenvalue weighted by Gasteiger charge is -2.51. The second-order valence-corrected chi connectivity index (χ2v) is 14.8. The number of hydrogen-bond donors (Lipinski definition) is 0. The summed E-state index contributed by atoms with van der Waals surface area (Å²) in [4.78, 5) is 37.1. The molecule has 3 saturated heterocycles. The van der Waals surface area contributed by atoms with Gasteiger partial charge in [-0.2, -0.15) is 5.26 Å². The first-order valence-electron chi connectivity index (χ1n) is 17.7. The normalized spacial score (nSPS) is 19.5. The third-order valence-corrected chi connectivity index (χ3v) is 11.7. The van der Waals surface area contributed by atoms with Crippen LogP contribution >= 0.6 is 23.2 Å². The molecule has 0 radical (unpaired) electrons. The number of halogens is 2. The van der Waals surface area contributed by atoms with Crippen LogP contribution in [-0.4, -0.2) is 96.4 Å². The van der Waals surface area contributed by atoms with Crippen LogP contribution in [0.4, 0.5) is 0 Å². The number of rotatable bonds is 9. The first kappa shape index (κ1) is 34.7. The summed E-state index contributed by atoms with van der Waals surface area (Å²) >= 11 is 12.8. The van der Waals surface area contributed by atoms with Crippen LogP contribution in [0.2, 0.25) is 10.0 Å². The Hall–Kier alpha value is -3.15. The van der Waals surface area contributed by atoms with E-state index < -0.39 is 0 Å². The summed E-state index contributed by atoms with van der Waals surface area (Å²) in [5, 5.41) is 12.4. The van der Waals surface area contributed by atoms with Crippen molar-refractivity contribution in [3.63, 3.8) is 0 Å². The van der Waals surface area contributed by atoms with Crippen LogP contribution < -0.4 is 0 Å². The summed E-state index contributed by atoms with van der Waals surface area (Å²) in [5.41, 5.74) is 1.66. The van der Waals surface area contributed by atoms with Crippen LogP contribution in [0.25, 0.3) is 10.8 Å². The van der Waals surface area contributed by atoms with E-state index in [4.69, 9.17) is 23.2 Å². The first-order valence-corrected chi connectivity index (χ1v) is 18.4. The van der Waals surface area contributed by atoms with Crippen LogP contribution in [0, 0.1) is 11.3 Å². The van der Waals surface area contributed by atoms with Crippen molar-refractivity contribution >= 4 is 45.8 Å². The highest BCUT2D eigenvalue weighted by atomic mass is 35.5. The second kappa shape index (κ2) is 15.6. The fraction of sp³-hybridized carbons (Fsp3) is 0.513. The van der Waals surface area contributed by atoms with Gasteiger partial charge >= 0.3 is 0 Å². The van der Waals surface area contributed by atoms with E-state index in [2.05, 4.69) is 20.8 Å². The fourth-order valence-electron chi connectivity index (χ4n) is 8.16. The van der Waals surface area contributed by atoms with Gasteiger partial charge in [-0.3, -0.25) is 14.5 Å². The SMILES string of the molecule is CN(CC(CCN1CCC(C(=O)N2CCCCC2)(N2CCCCC2)CC1)c1ccc(Cl)c(Cl)c1)C(=O)c1cc(C#N)cc2ccccc12. The monoisotopic (exact) mass is 687 g/mol. The minimum Gasteiger partial charge on any atom is -0.341 e. The van der Waals surface area contributed by atoms with Gasteiger partial charge < -0.3 is 14.7 Å². The summed E-state index contributed by atoms with van der Waals surface area (Å²) < 4.78 is 0.